The van der Waals surface area contributed by atoms with Gasteiger partial charge in [0.2, 0.25) is 6.08 Å². The number of nitrogens with zero attached hydrogens (tertiary/aromatic N) is 2. The van der Waals surface area contributed by atoms with E-state index in [0.29, 0.717) is 5.69 Å². The summed E-state index contributed by atoms with van der Waals surface area (Å²) in [6, 6.07) is 3.10. The second kappa shape index (κ2) is 2.74. The summed E-state index contributed by atoms with van der Waals surface area (Å²) < 4.78 is 0. The molecule has 0 atom stereocenters. The average Bonchev–Trinajstić information content (AvgIpc) is 1.91. The van der Waals surface area contributed by atoms with Gasteiger partial charge in [-0.2, -0.15) is 4.99 Å². The van der Waals surface area contributed by atoms with Crippen LogP contribution in [0.5, 0.6) is 0 Å². The number of hydrogen-bond donors (Lipinski definition) is 0. The topological polar surface area (TPSA) is 42.3 Å². The fraction of sp³-hybridized carbons (Fsp3) is 0. The summed E-state index contributed by atoms with van der Waals surface area (Å²) in [6.07, 6.45) is 5.44. The number of pyridine rings is 1. The van der Waals surface area contributed by atoms with Gasteiger partial charge in [-0.05, 0) is 12.1 Å². The van der Waals surface area contributed by atoms with Crippen LogP contribution in [0.2, 0.25) is 0 Å². The second-order valence-electron chi connectivity index (χ2n) is 1.35. The van der Waals surface area contributed by atoms with Crippen LogP contribution in [-0.4, -0.2) is 11.1 Å². The molecule has 3 heteroatoms. The number of hydrogen-bond acceptors (Lipinski definition) is 3. The molecule has 0 aliphatic carbocycles. The average molecular weight is 119 g/mol. The molecule has 1 aromatic heterocycles. The van der Waals surface area contributed by atoms with Gasteiger partial charge in [0.1, 0.15) is 0 Å². The highest BCUT2D eigenvalue weighted by Gasteiger charge is 1.81. The lowest BCUT2D eigenvalue weighted by atomic mass is 10.4. The predicted molar refractivity (Wildman–Crippen MR) is 30.9 cm³/mol. The van der Waals surface area contributed by atoms with Crippen LogP contribution in [0.4, 0.5) is 5.69 Å². The molecule has 1 heterocycles. The molecule has 0 N–H and O–H groups in total. The molecule has 0 unspecified atom stereocenters. The summed E-state index contributed by atoms with van der Waals surface area (Å²) in [5.41, 5.74) is 0.528. The molecule has 43 valence electrons. The highest BCUT2D eigenvalue weighted by Crippen LogP contribution is 2.04. The fourth-order valence-corrected chi connectivity index (χ4v) is 0.430. The van der Waals surface area contributed by atoms with Crippen molar-refractivity contribution in [1.82, 2.24) is 4.98 Å². The van der Waals surface area contributed by atoms with Gasteiger partial charge in [-0.15, -0.1) is 0 Å². The van der Waals surface area contributed by atoms with E-state index in [1.807, 2.05) is 0 Å². The van der Waals surface area contributed by atoms with Crippen molar-refractivity contribution in [3.05, 3.63) is 24.5 Å². The number of isocyanates is 1. The maximum atomic E-state index is 9.65. The minimum absolute atomic E-state index is 0.528. The smallest absolute Gasteiger partial charge is 0.240 e. The summed E-state index contributed by atoms with van der Waals surface area (Å²) in [5.74, 6) is 0. The van der Waals surface area contributed by atoms with Crippen molar-refractivity contribution in [2.75, 3.05) is 0 Å². The highest BCUT2D eigenvalue weighted by molar-refractivity contribution is 5.46. The predicted octanol–water partition coefficient (Wildman–Crippen LogP) is 0.849. The van der Waals surface area contributed by atoms with Gasteiger partial charge >= 0.3 is 0 Å². The van der Waals surface area contributed by atoms with Gasteiger partial charge in [0, 0.05) is 6.20 Å². The van der Waals surface area contributed by atoms with E-state index in [-0.39, 0.29) is 0 Å². The zero-order valence-electron chi connectivity index (χ0n) is 4.53. The van der Waals surface area contributed by atoms with Gasteiger partial charge in [-0.1, -0.05) is 0 Å². The summed E-state index contributed by atoms with van der Waals surface area (Å²) in [4.78, 5) is 16.6. The zero-order chi connectivity index (χ0) is 6.53. The molecule has 0 spiro atoms. The van der Waals surface area contributed by atoms with E-state index in [4.69, 9.17) is 0 Å². The summed E-state index contributed by atoms with van der Waals surface area (Å²) in [6.45, 7) is 0. The number of aliphatic imine (C=N–C) groups is 1. The first-order chi connectivity index (χ1) is 4.43. The number of carbonyl (C=O) groups excluding carboxylic acids is 1. The molecular weight excluding hydrogens is 116 g/mol. The SMILES string of the molecule is O=C=Nc1c[c]ncc1. The third kappa shape index (κ3) is 1.48. The Hall–Kier alpha value is -1.47. The molecule has 9 heavy (non-hydrogen) atoms. The molecule has 0 saturated heterocycles. The van der Waals surface area contributed by atoms with Gasteiger partial charge in [0.15, 0.2) is 0 Å². The highest BCUT2D eigenvalue weighted by atomic mass is 16.1. The Morgan fingerprint density at radius 1 is 1.78 bits per heavy atom. The molecule has 0 saturated carbocycles. The van der Waals surface area contributed by atoms with Crippen molar-refractivity contribution in [2.24, 2.45) is 4.99 Å². The van der Waals surface area contributed by atoms with E-state index >= 15 is 0 Å². The molecule has 0 fully saturated rings. The monoisotopic (exact) mass is 119 g/mol. The van der Waals surface area contributed by atoms with Crippen LogP contribution in [0.15, 0.2) is 23.3 Å². The Morgan fingerprint density at radius 3 is 3.22 bits per heavy atom. The molecular formula is C6H3N2O. The van der Waals surface area contributed by atoms with Crippen molar-refractivity contribution in [2.45, 2.75) is 0 Å². The Balaban J connectivity index is 2.97. The molecule has 0 aliphatic heterocycles. The van der Waals surface area contributed by atoms with Crippen LogP contribution in [0.25, 0.3) is 0 Å². The number of aromatic nitrogens is 1. The van der Waals surface area contributed by atoms with Crippen LogP contribution in [-0.2, 0) is 4.79 Å². The third-order valence-electron chi connectivity index (χ3n) is 0.782. The number of rotatable bonds is 1. The maximum absolute atomic E-state index is 9.65. The van der Waals surface area contributed by atoms with Crippen molar-refractivity contribution >= 4 is 11.8 Å². The molecule has 0 aromatic carbocycles. The molecule has 0 amide bonds. The van der Waals surface area contributed by atoms with E-state index in [1.165, 1.54) is 18.3 Å². The minimum atomic E-state index is 0.528. The Labute approximate surface area is 52.1 Å². The Bertz CT molecular complexity index is 226. The van der Waals surface area contributed by atoms with Crippen molar-refractivity contribution in [1.29, 1.82) is 0 Å². The van der Waals surface area contributed by atoms with Crippen LogP contribution < -0.4 is 0 Å². The van der Waals surface area contributed by atoms with Crippen molar-refractivity contribution in [3.8, 4) is 0 Å². The minimum Gasteiger partial charge on any atom is -0.254 e. The van der Waals surface area contributed by atoms with E-state index in [1.54, 1.807) is 6.07 Å². The lowest BCUT2D eigenvalue weighted by molar-refractivity contribution is 0.565. The summed E-state index contributed by atoms with van der Waals surface area (Å²) >= 11 is 0. The molecule has 0 bridgehead atoms. The normalized spacial score (nSPS) is 8.00. The lowest BCUT2D eigenvalue weighted by Crippen LogP contribution is -1.66. The van der Waals surface area contributed by atoms with Crippen molar-refractivity contribution in [3.63, 3.8) is 0 Å². The van der Waals surface area contributed by atoms with Gasteiger partial charge in [0.05, 0.1) is 11.9 Å². The Kier molecular flexibility index (Phi) is 1.73. The molecule has 1 aromatic rings. The van der Waals surface area contributed by atoms with E-state index in [2.05, 4.69) is 16.2 Å². The summed E-state index contributed by atoms with van der Waals surface area (Å²) in [7, 11) is 0. The van der Waals surface area contributed by atoms with Gasteiger partial charge in [0.25, 0.3) is 0 Å². The molecule has 1 rings (SSSR count). The van der Waals surface area contributed by atoms with Crippen molar-refractivity contribution < 1.29 is 4.79 Å². The van der Waals surface area contributed by atoms with Gasteiger partial charge < -0.3 is 0 Å². The van der Waals surface area contributed by atoms with E-state index in [9.17, 15) is 4.79 Å². The molecule has 0 aliphatic rings. The fourth-order valence-electron chi connectivity index (χ4n) is 0.430. The maximum Gasteiger partial charge on any atom is 0.240 e. The van der Waals surface area contributed by atoms with Gasteiger partial charge in [-0.3, -0.25) is 4.98 Å². The van der Waals surface area contributed by atoms with E-state index < -0.39 is 0 Å². The van der Waals surface area contributed by atoms with Crippen LogP contribution >= 0.6 is 0 Å². The first-order valence-corrected chi connectivity index (χ1v) is 2.33. The van der Waals surface area contributed by atoms with Crippen LogP contribution in [0.1, 0.15) is 0 Å². The third-order valence-corrected chi connectivity index (χ3v) is 0.782. The van der Waals surface area contributed by atoms with Crippen LogP contribution in [0, 0.1) is 6.20 Å². The molecule has 1 radical (unpaired) electrons. The quantitative estimate of drug-likeness (QED) is 0.406. The largest absolute Gasteiger partial charge is 0.254 e. The Morgan fingerprint density at radius 2 is 2.67 bits per heavy atom. The zero-order valence-corrected chi connectivity index (χ0v) is 4.53. The second-order valence-corrected chi connectivity index (χ2v) is 1.35. The van der Waals surface area contributed by atoms with Crippen LogP contribution in [0.3, 0.4) is 0 Å². The standard InChI is InChI=1S/C6H3N2O/c9-5-8-6-1-3-7-4-2-6/h1-3H. The lowest BCUT2D eigenvalue weighted by Gasteiger charge is -1.81. The summed E-state index contributed by atoms with van der Waals surface area (Å²) in [5, 5.41) is 0. The molecule has 3 nitrogen and oxygen atoms in total. The van der Waals surface area contributed by atoms with E-state index in [0.717, 1.165) is 0 Å². The van der Waals surface area contributed by atoms with Gasteiger partial charge in [-0.25, -0.2) is 4.79 Å². The first-order valence-electron chi connectivity index (χ1n) is 2.33. The first kappa shape index (κ1) is 5.66.